The summed E-state index contributed by atoms with van der Waals surface area (Å²) in [6.45, 7) is 21.6. The molecule has 2 aromatic carbocycles. The molecule has 1 amide bonds. The number of anilines is 2. The highest BCUT2D eigenvalue weighted by molar-refractivity contribution is 7.20. The summed E-state index contributed by atoms with van der Waals surface area (Å²) in [5.74, 6) is -0.597. The third-order valence-corrected chi connectivity index (χ3v) is 12.3. The van der Waals surface area contributed by atoms with Crippen LogP contribution in [0.25, 0.3) is 4.85 Å². The Balaban J connectivity index is 0.000000375. The highest BCUT2D eigenvalue weighted by Crippen LogP contribution is 2.41. The summed E-state index contributed by atoms with van der Waals surface area (Å²) in [4.78, 5) is 19.6. The van der Waals surface area contributed by atoms with Crippen LogP contribution in [0.5, 0.6) is 0 Å². The van der Waals surface area contributed by atoms with Gasteiger partial charge in [-0.2, -0.15) is 10.5 Å². The van der Waals surface area contributed by atoms with E-state index in [9.17, 15) is 15.3 Å². The van der Waals surface area contributed by atoms with Crippen molar-refractivity contribution in [3.63, 3.8) is 0 Å². The van der Waals surface area contributed by atoms with Gasteiger partial charge in [0.15, 0.2) is 5.00 Å². The Labute approximate surface area is 422 Å². The highest BCUT2D eigenvalue weighted by Gasteiger charge is 2.19. The van der Waals surface area contributed by atoms with Gasteiger partial charge in [0.2, 0.25) is 5.00 Å². The van der Waals surface area contributed by atoms with E-state index in [4.69, 9.17) is 61.2 Å². The Bertz CT molecular complexity index is 2430. The third-order valence-electron chi connectivity index (χ3n) is 10.1. The number of nitrogens with two attached hydrogens (primary N) is 1. The average Bonchev–Trinajstić information content (AvgIpc) is 3.87. The van der Waals surface area contributed by atoms with Crippen molar-refractivity contribution in [1.82, 2.24) is 0 Å². The van der Waals surface area contributed by atoms with Crippen LogP contribution < -0.4 is 15.5 Å². The molecule has 2 aromatic heterocycles. The van der Waals surface area contributed by atoms with Gasteiger partial charge in [0.25, 0.3) is 5.91 Å². The van der Waals surface area contributed by atoms with Gasteiger partial charge in [-0.3, -0.25) is 4.79 Å². The Morgan fingerprint density at radius 1 is 0.592 bits per heavy atom. The van der Waals surface area contributed by atoms with Gasteiger partial charge >= 0.3 is 0 Å². The highest BCUT2D eigenvalue weighted by atomic mass is 32.1. The number of nitriles is 2. The summed E-state index contributed by atoms with van der Waals surface area (Å²) < 4.78 is 32.5. The molecule has 0 aliphatic rings. The maximum Gasteiger partial charge on any atom is 0.259 e. The fourth-order valence-electron chi connectivity index (χ4n) is 6.37. The van der Waals surface area contributed by atoms with Crippen LogP contribution in [0.1, 0.15) is 43.1 Å². The molecule has 0 aliphatic heterocycles. The van der Waals surface area contributed by atoms with E-state index < -0.39 is 5.91 Å². The van der Waals surface area contributed by atoms with E-state index in [1.165, 1.54) is 0 Å². The van der Waals surface area contributed by atoms with Crippen LogP contribution in [-0.2, 0) is 28.4 Å². The van der Waals surface area contributed by atoms with Gasteiger partial charge in [-0.1, -0.05) is 0 Å². The minimum Gasteiger partial charge on any atom is -0.394 e. The van der Waals surface area contributed by atoms with Crippen LogP contribution in [0.3, 0.4) is 0 Å². The predicted octanol–water partition coefficient (Wildman–Crippen LogP) is 6.64. The molecular weight excluding hydrogens is 957 g/mol. The number of nitrogens with zero attached hydrogens (tertiary/aromatic N) is 9. The zero-order valence-corrected chi connectivity index (χ0v) is 42.3. The summed E-state index contributed by atoms with van der Waals surface area (Å²) in [5.41, 5.74) is 12.2. The van der Waals surface area contributed by atoms with E-state index in [0.29, 0.717) is 139 Å². The van der Waals surface area contributed by atoms with Crippen LogP contribution in [0.4, 0.5) is 37.8 Å². The molecule has 0 unspecified atom stereocenters. The van der Waals surface area contributed by atoms with Gasteiger partial charge in [0.05, 0.1) is 140 Å². The molecule has 0 bridgehead atoms. The lowest BCUT2D eigenvalue weighted by atomic mass is 10.1. The Kier molecular flexibility index (Phi) is 28.9. The first kappa shape index (κ1) is 59.5. The first-order chi connectivity index (χ1) is 34.5. The molecule has 23 heteroatoms. The fourth-order valence-corrected chi connectivity index (χ4v) is 8.17. The van der Waals surface area contributed by atoms with Crippen molar-refractivity contribution in [2.45, 2.75) is 27.7 Å². The first-order valence-corrected chi connectivity index (χ1v) is 24.3. The number of aryl methyl sites for hydroxylation is 2. The number of ether oxygens (including phenoxy) is 6. The molecule has 2 heterocycles. The van der Waals surface area contributed by atoms with Crippen LogP contribution in [0.15, 0.2) is 56.9 Å². The summed E-state index contributed by atoms with van der Waals surface area (Å²) in [6.07, 6.45) is 0. The maximum absolute atomic E-state index is 11.6. The number of hydrogen-bond acceptors (Lipinski definition) is 21. The van der Waals surface area contributed by atoms with E-state index in [2.05, 4.69) is 47.2 Å². The SMILES string of the molecule is Cc1cc(N(CCOCCO)CCOCCOCCO)ccc1N=Nc1sc(C(N)=O)c(C)c1C#N.[C-]#[N+]c1sc(N=Nc2ccc(N(CCOCCO)CCOCCOCCO)cc2C)c(C#N)c1C. The second kappa shape index (κ2) is 34.5. The lowest BCUT2D eigenvalue weighted by molar-refractivity contribution is 0.0347. The number of primary amides is 1. The van der Waals surface area contributed by atoms with Crippen LogP contribution >= 0.6 is 22.7 Å². The van der Waals surface area contributed by atoms with Crippen molar-refractivity contribution >= 4 is 66.3 Å². The monoisotopic (exact) mass is 1020 g/mol. The third kappa shape index (κ3) is 20.4. The molecule has 71 heavy (non-hydrogen) atoms. The largest absolute Gasteiger partial charge is 0.394 e. The van der Waals surface area contributed by atoms with E-state index in [1.807, 2.05) is 50.2 Å². The Hall–Kier alpha value is -5.82. The van der Waals surface area contributed by atoms with Gasteiger partial charge in [-0.25, -0.2) is 4.85 Å². The van der Waals surface area contributed by atoms with E-state index >= 15 is 0 Å². The van der Waals surface area contributed by atoms with Crippen molar-refractivity contribution in [1.29, 1.82) is 10.5 Å². The molecule has 21 nitrogen and oxygen atoms in total. The molecule has 0 radical (unpaired) electrons. The Morgan fingerprint density at radius 2 is 0.958 bits per heavy atom. The van der Waals surface area contributed by atoms with Gasteiger partial charge in [0.1, 0.15) is 17.1 Å². The molecule has 6 N–H and O–H groups in total. The smallest absolute Gasteiger partial charge is 0.259 e. The number of carbonyl (C=O) groups is 1. The zero-order valence-electron chi connectivity index (χ0n) is 40.7. The number of thiophene rings is 2. The molecule has 0 atom stereocenters. The number of hydrogen-bond donors (Lipinski definition) is 5. The van der Waals surface area contributed by atoms with Crippen LogP contribution in [0, 0.1) is 56.9 Å². The molecular formula is C48H64N10O11S2. The van der Waals surface area contributed by atoms with Gasteiger partial charge < -0.3 is 64.4 Å². The van der Waals surface area contributed by atoms with Gasteiger partial charge in [-0.15, -0.1) is 43.1 Å². The second-order valence-electron chi connectivity index (χ2n) is 15.0. The summed E-state index contributed by atoms with van der Waals surface area (Å²) >= 11 is 2.21. The molecule has 0 fully saturated rings. The normalized spacial score (nSPS) is 11.1. The molecule has 0 saturated heterocycles. The van der Waals surface area contributed by atoms with E-state index in [1.54, 1.807) is 13.8 Å². The first-order valence-electron chi connectivity index (χ1n) is 22.7. The van der Waals surface area contributed by atoms with Crippen LogP contribution in [0.2, 0.25) is 0 Å². The zero-order chi connectivity index (χ0) is 51.8. The molecule has 0 spiro atoms. The number of benzene rings is 2. The minimum atomic E-state index is -0.597. The number of rotatable bonds is 33. The second-order valence-corrected chi connectivity index (χ2v) is 17.0. The number of aliphatic hydroxyl groups excluding tert-OH is 4. The quantitative estimate of drug-likeness (QED) is 0.0190. The van der Waals surface area contributed by atoms with Crippen molar-refractivity contribution in [2.24, 2.45) is 26.2 Å². The van der Waals surface area contributed by atoms with Gasteiger partial charge in [-0.05, 0) is 86.3 Å². The topological polar surface area (TPSA) is 287 Å². The van der Waals surface area contributed by atoms with Crippen molar-refractivity contribution in [3.8, 4) is 12.1 Å². The van der Waals surface area contributed by atoms with E-state index in [-0.39, 0.29) is 46.2 Å². The molecule has 0 aliphatic carbocycles. The minimum absolute atomic E-state index is 0.00892. The Morgan fingerprint density at radius 3 is 1.31 bits per heavy atom. The number of azo groups is 2. The lowest BCUT2D eigenvalue weighted by Gasteiger charge is -2.25. The molecule has 4 aromatic rings. The van der Waals surface area contributed by atoms with Gasteiger partial charge in [0, 0.05) is 37.6 Å². The maximum atomic E-state index is 11.6. The van der Waals surface area contributed by atoms with Crippen molar-refractivity contribution in [3.05, 3.63) is 86.1 Å². The predicted molar refractivity (Wildman–Crippen MR) is 271 cm³/mol. The molecule has 384 valence electrons. The number of aliphatic hydroxyl groups is 4. The van der Waals surface area contributed by atoms with Crippen molar-refractivity contribution < 1.29 is 53.6 Å². The fraction of sp³-hybridized carbons (Fsp3) is 0.500. The molecule has 0 saturated carbocycles. The number of amides is 1. The van der Waals surface area contributed by atoms with E-state index in [0.717, 1.165) is 45.2 Å². The molecule has 4 rings (SSSR count). The lowest BCUT2D eigenvalue weighted by Crippen LogP contribution is -2.31. The summed E-state index contributed by atoms with van der Waals surface area (Å²) in [7, 11) is 0. The number of carbonyl (C=O) groups excluding carboxylic acids is 1. The summed E-state index contributed by atoms with van der Waals surface area (Å²) in [5, 5.41) is 72.5. The van der Waals surface area contributed by atoms with Crippen LogP contribution in [-0.4, -0.2) is 158 Å². The summed E-state index contributed by atoms with van der Waals surface area (Å²) in [6, 6.07) is 15.7. The average molecular weight is 1020 g/mol. The standard InChI is InChI=1S/C24H33N5O6S.C24H31N5O5S/c1-17-15-19(29(5-9-33-11-7-30)6-10-34-13-14-35-12-8-31)3-4-21(17)27-28-24-20(16-25)18(2)22(36-24)23(26)32;1-18-16-20(29(6-10-32-12-8-30)7-11-33-14-15-34-13-9-31)4-5-22(18)27-28-24-21(17-25)19(2)23(26-3)35-24/h3-4,15,30-31H,5-14H2,1-2H3,(H2,26,32);4-5,16,30-31H,6-15H2,1-2H3. The van der Waals surface area contributed by atoms with Crippen molar-refractivity contribution in [2.75, 3.05) is 142 Å².